The first kappa shape index (κ1) is 20.2. The number of carbonyl (C=O) groups is 1. The third kappa shape index (κ3) is 4.10. The van der Waals surface area contributed by atoms with Crippen molar-refractivity contribution in [2.24, 2.45) is 0 Å². The van der Waals surface area contributed by atoms with Crippen molar-refractivity contribution in [1.82, 2.24) is 14.6 Å². The summed E-state index contributed by atoms with van der Waals surface area (Å²) in [7, 11) is 0. The van der Waals surface area contributed by atoms with Gasteiger partial charge in [-0.15, -0.1) is 0 Å². The summed E-state index contributed by atoms with van der Waals surface area (Å²) in [5.74, 6) is -0.677. The summed E-state index contributed by atoms with van der Waals surface area (Å²) in [5, 5.41) is 7.30. The van der Waals surface area contributed by atoms with E-state index in [0.29, 0.717) is 25.8 Å². The summed E-state index contributed by atoms with van der Waals surface area (Å²) in [5.41, 5.74) is -0.431. The van der Waals surface area contributed by atoms with Gasteiger partial charge in [-0.3, -0.25) is 4.79 Å². The highest BCUT2D eigenvalue weighted by atomic mass is 35.5. The average Bonchev–Trinajstić information content (AvgIpc) is 3.13. The van der Waals surface area contributed by atoms with E-state index in [1.165, 1.54) is 6.07 Å². The minimum atomic E-state index is -4.71. The van der Waals surface area contributed by atoms with E-state index in [9.17, 15) is 18.0 Å². The SMILES string of the molecule is O=C(Nc1ccc(Cl)cc1)c1cc2nc(-c3ccc(Cl)cc3)cc(C(F)(F)F)n2n1. The zero-order valence-electron chi connectivity index (χ0n) is 14.9. The summed E-state index contributed by atoms with van der Waals surface area (Å²) in [6, 6.07) is 14.6. The number of halogens is 5. The van der Waals surface area contributed by atoms with Crippen molar-refractivity contribution in [1.29, 1.82) is 0 Å². The number of nitrogens with one attached hydrogen (secondary N) is 1. The van der Waals surface area contributed by atoms with Gasteiger partial charge in [0.2, 0.25) is 0 Å². The van der Waals surface area contributed by atoms with E-state index < -0.39 is 17.8 Å². The molecule has 0 saturated heterocycles. The zero-order chi connectivity index (χ0) is 21.5. The first-order valence-electron chi connectivity index (χ1n) is 8.51. The van der Waals surface area contributed by atoms with E-state index in [-0.39, 0.29) is 17.0 Å². The van der Waals surface area contributed by atoms with Gasteiger partial charge in [0.05, 0.1) is 5.69 Å². The maximum Gasteiger partial charge on any atom is 0.433 e. The summed E-state index contributed by atoms with van der Waals surface area (Å²) in [6.45, 7) is 0. The molecule has 10 heteroatoms. The van der Waals surface area contributed by atoms with Crippen LogP contribution in [0.3, 0.4) is 0 Å². The topological polar surface area (TPSA) is 59.3 Å². The zero-order valence-corrected chi connectivity index (χ0v) is 16.4. The Balaban J connectivity index is 1.77. The molecule has 0 atom stereocenters. The Hall–Kier alpha value is -3.10. The molecule has 0 unspecified atom stereocenters. The molecule has 4 rings (SSSR count). The molecule has 2 aromatic carbocycles. The highest BCUT2D eigenvalue weighted by Crippen LogP contribution is 2.32. The molecule has 0 saturated carbocycles. The van der Waals surface area contributed by atoms with Crippen LogP contribution in [-0.4, -0.2) is 20.5 Å². The largest absolute Gasteiger partial charge is 0.433 e. The van der Waals surface area contributed by atoms with E-state index >= 15 is 0 Å². The van der Waals surface area contributed by atoms with Crippen LogP contribution in [0, 0.1) is 0 Å². The van der Waals surface area contributed by atoms with Crippen LogP contribution in [0.4, 0.5) is 18.9 Å². The highest BCUT2D eigenvalue weighted by molar-refractivity contribution is 6.31. The monoisotopic (exact) mass is 450 g/mol. The molecule has 0 aliphatic heterocycles. The molecule has 30 heavy (non-hydrogen) atoms. The lowest BCUT2D eigenvalue weighted by Gasteiger charge is -2.11. The van der Waals surface area contributed by atoms with Gasteiger partial charge in [-0.1, -0.05) is 35.3 Å². The molecule has 1 N–H and O–H groups in total. The molecule has 2 aromatic heterocycles. The number of aromatic nitrogens is 3. The van der Waals surface area contributed by atoms with Crippen LogP contribution in [0.2, 0.25) is 10.0 Å². The molecule has 152 valence electrons. The minimum Gasteiger partial charge on any atom is -0.321 e. The van der Waals surface area contributed by atoms with Gasteiger partial charge in [0.1, 0.15) is 0 Å². The number of alkyl halides is 3. The van der Waals surface area contributed by atoms with E-state index in [0.717, 1.165) is 6.07 Å². The average molecular weight is 451 g/mol. The van der Waals surface area contributed by atoms with Crippen LogP contribution in [-0.2, 0) is 6.18 Å². The predicted molar refractivity (Wildman–Crippen MR) is 108 cm³/mol. The lowest BCUT2D eigenvalue weighted by Crippen LogP contribution is -2.15. The second-order valence-corrected chi connectivity index (χ2v) is 7.16. The van der Waals surface area contributed by atoms with Crippen molar-refractivity contribution in [2.45, 2.75) is 6.18 Å². The summed E-state index contributed by atoms with van der Waals surface area (Å²) >= 11 is 11.6. The Morgan fingerprint density at radius 1 is 0.933 bits per heavy atom. The number of anilines is 1. The maximum absolute atomic E-state index is 13.6. The number of nitrogens with zero attached hydrogens (tertiary/aromatic N) is 3. The van der Waals surface area contributed by atoms with Crippen LogP contribution in [0.15, 0.2) is 60.7 Å². The number of rotatable bonds is 3. The van der Waals surface area contributed by atoms with Crippen molar-refractivity contribution in [3.63, 3.8) is 0 Å². The van der Waals surface area contributed by atoms with Gasteiger partial charge in [-0.2, -0.15) is 18.3 Å². The third-order valence-corrected chi connectivity index (χ3v) is 4.70. The van der Waals surface area contributed by atoms with Crippen molar-refractivity contribution >= 4 is 40.4 Å². The fourth-order valence-corrected chi connectivity index (χ4v) is 3.04. The van der Waals surface area contributed by atoms with E-state index in [1.54, 1.807) is 48.5 Å². The summed E-state index contributed by atoms with van der Waals surface area (Å²) < 4.78 is 41.6. The van der Waals surface area contributed by atoms with Crippen LogP contribution >= 0.6 is 23.2 Å². The van der Waals surface area contributed by atoms with Crippen molar-refractivity contribution in [3.05, 3.63) is 82.1 Å². The van der Waals surface area contributed by atoms with Gasteiger partial charge in [0.25, 0.3) is 5.91 Å². The molecular weight excluding hydrogens is 440 g/mol. The molecule has 0 aliphatic rings. The molecule has 4 aromatic rings. The number of fused-ring (bicyclic) bond motifs is 1. The van der Waals surface area contributed by atoms with Gasteiger partial charge < -0.3 is 5.32 Å². The van der Waals surface area contributed by atoms with Gasteiger partial charge in [0, 0.05) is 27.4 Å². The Morgan fingerprint density at radius 3 is 2.13 bits per heavy atom. The summed E-state index contributed by atoms with van der Waals surface area (Å²) in [4.78, 5) is 16.7. The molecule has 0 radical (unpaired) electrons. The third-order valence-electron chi connectivity index (χ3n) is 4.19. The quantitative estimate of drug-likeness (QED) is 0.417. The second-order valence-electron chi connectivity index (χ2n) is 6.29. The number of amides is 1. The van der Waals surface area contributed by atoms with Crippen LogP contribution in [0.5, 0.6) is 0 Å². The molecule has 0 spiro atoms. The predicted octanol–water partition coefficient (Wildman–Crippen LogP) is 5.97. The van der Waals surface area contributed by atoms with Crippen molar-refractivity contribution in [2.75, 3.05) is 5.32 Å². The van der Waals surface area contributed by atoms with Crippen LogP contribution < -0.4 is 5.32 Å². The molecule has 0 aliphatic carbocycles. The van der Waals surface area contributed by atoms with E-state index in [4.69, 9.17) is 23.2 Å². The Kier molecular flexibility index (Phi) is 5.13. The van der Waals surface area contributed by atoms with E-state index in [2.05, 4.69) is 15.4 Å². The Morgan fingerprint density at radius 2 is 1.53 bits per heavy atom. The molecule has 1 amide bonds. The standard InChI is InChI=1S/C20H11Cl2F3N4O/c21-12-3-1-11(2-4-12)15-9-17(20(23,24)25)29-18(27-15)10-16(28-29)19(30)26-14-7-5-13(22)6-8-14/h1-10H,(H,26,30). The van der Waals surface area contributed by atoms with E-state index in [1.807, 2.05) is 0 Å². The number of carbonyl (C=O) groups excluding carboxylic acids is 1. The normalized spacial score (nSPS) is 11.6. The molecular formula is C20H11Cl2F3N4O. The smallest absolute Gasteiger partial charge is 0.321 e. The van der Waals surface area contributed by atoms with Crippen LogP contribution in [0.25, 0.3) is 16.9 Å². The highest BCUT2D eigenvalue weighted by Gasteiger charge is 2.35. The summed E-state index contributed by atoms with van der Waals surface area (Å²) in [6.07, 6.45) is -4.71. The van der Waals surface area contributed by atoms with Crippen molar-refractivity contribution < 1.29 is 18.0 Å². The van der Waals surface area contributed by atoms with Gasteiger partial charge in [0.15, 0.2) is 17.0 Å². The Labute approximate surface area is 178 Å². The molecule has 5 nitrogen and oxygen atoms in total. The lowest BCUT2D eigenvalue weighted by molar-refractivity contribution is -0.142. The lowest BCUT2D eigenvalue weighted by atomic mass is 10.1. The van der Waals surface area contributed by atoms with Gasteiger partial charge in [-0.25, -0.2) is 9.50 Å². The van der Waals surface area contributed by atoms with Crippen molar-refractivity contribution in [3.8, 4) is 11.3 Å². The minimum absolute atomic E-state index is 0.0797. The number of benzene rings is 2. The Bertz CT molecular complexity index is 1240. The number of hydrogen-bond acceptors (Lipinski definition) is 3. The number of hydrogen-bond donors (Lipinski definition) is 1. The second kappa shape index (κ2) is 7.62. The molecule has 0 bridgehead atoms. The maximum atomic E-state index is 13.6. The fourth-order valence-electron chi connectivity index (χ4n) is 2.78. The van der Waals surface area contributed by atoms with Gasteiger partial charge in [-0.05, 0) is 42.5 Å². The fraction of sp³-hybridized carbons (Fsp3) is 0.0500. The first-order valence-corrected chi connectivity index (χ1v) is 9.27. The van der Waals surface area contributed by atoms with Crippen LogP contribution in [0.1, 0.15) is 16.2 Å². The van der Waals surface area contributed by atoms with Gasteiger partial charge >= 0.3 is 6.18 Å². The molecule has 0 fully saturated rings. The molecule has 2 heterocycles. The first-order chi connectivity index (χ1) is 14.2.